The third-order valence-electron chi connectivity index (χ3n) is 18.2. The van der Waals surface area contributed by atoms with Crippen LogP contribution in [-0.4, -0.2) is 159 Å². The van der Waals surface area contributed by atoms with E-state index in [2.05, 4.69) is 37.1 Å². The summed E-state index contributed by atoms with van der Waals surface area (Å²) in [4.78, 5) is 47.8. The molecule has 602 valence electrons. The number of terminal acetylenes is 1. The Hall–Kier alpha value is -14.0. The number of anilines is 3. The Morgan fingerprint density at radius 3 is 1.04 bits per heavy atom. The topological polar surface area (TPSA) is 381 Å². The van der Waals surface area contributed by atoms with Gasteiger partial charge in [-0.3, -0.25) is 24.2 Å². The molecule has 114 heavy (non-hydrogen) atoms. The number of aromatic nitrogens is 6. The van der Waals surface area contributed by atoms with E-state index in [9.17, 15) is 29.7 Å². The van der Waals surface area contributed by atoms with Crippen LogP contribution in [0, 0.1) is 12.5 Å². The fraction of sp³-hybridized carbons (Fsp3) is 0.296. The summed E-state index contributed by atoms with van der Waals surface area (Å²) in [6, 6.07) is 41.5. The molecule has 0 bridgehead atoms. The van der Waals surface area contributed by atoms with E-state index in [1.807, 2.05) is 84.9 Å². The van der Waals surface area contributed by atoms with Gasteiger partial charge in [0.15, 0.2) is 81.1 Å². The highest BCUT2D eigenvalue weighted by atomic mass is 16.6. The predicted octanol–water partition coefficient (Wildman–Crippen LogP) is 12.1. The van der Waals surface area contributed by atoms with Crippen LogP contribution in [0.4, 0.5) is 17.1 Å². The van der Waals surface area contributed by atoms with Crippen LogP contribution >= 0.6 is 0 Å². The Bertz CT molecular complexity index is 4970. The van der Waals surface area contributed by atoms with E-state index in [1.165, 1.54) is 104 Å². The molecule has 0 radical (unpaired) electrons. The molecule has 5 heterocycles. The number of aliphatic hydroxyl groups excluding tert-OH is 3. The van der Waals surface area contributed by atoms with Gasteiger partial charge in [-0.2, -0.15) is 0 Å². The fourth-order valence-electron chi connectivity index (χ4n) is 13.0. The number of benzene rings is 8. The molecule has 33 heteroatoms. The third-order valence-corrected chi connectivity index (χ3v) is 18.2. The lowest BCUT2D eigenvalue weighted by atomic mass is 9.87. The van der Waals surface area contributed by atoms with Crippen LogP contribution in [0.15, 0.2) is 169 Å². The van der Waals surface area contributed by atoms with Gasteiger partial charge in [-0.15, -0.1) is 10.2 Å². The van der Waals surface area contributed by atoms with E-state index < -0.39 is 36.3 Å². The lowest BCUT2D eigenvalue weighted by Gasteiger charge is -2.47. The first-order valence-electron chi connectivity index (χ1n) is 34.1. The Morgan fingerprint density at radius 1 is 0.430 bits per heavy atom. The number of β-lactam (4-membered cyclic amide) rings is 3. The van der Waals surface area contributed by atoms with Crippen molar-refractivity contribution in [1.29, 1.82) is 0 Å². The number of ether oxygens (including phenoxy) is 14. The average Bonchev–Trinajstić information content (AvgIpc) is 1.63. The number of hydrogen-bond donors (Lipinski definition) is 4. The van der Waals surface area contributed by atoms with Gasteiger partial charge in [-0.25, -0.2) is 9.36 Å². The summed E-state index contributed by atoms with van der Waals surface area (Å²) in [5.74, 6) is 5.16. The number of azide groups is 1. The molecule has 8 aromatic carbocycles. The maximum Gasteiger partial charge on any atom is 0.255 e. The summed E-state index contributed by atoms with van der Waals surface area (Å²) >= 11 is 0. The minimum Gasteiger partial charge on any atom is -0.504 e. The molecule has 3 fully saturated rings. The van der Waals surface area contributed by atoms with E-state index in [4.69, 9.17) is 77.0 Å². The number of phenols is 1. The van der Waals surface area contributed by atoms with Gasteiger partial charge < -0.3 is 91.6 Å². The highest BCUT2D eigenvalue weighted by Crippen LogP contribution is 2.54. The predicted molar refractivity (Wildman–Crippen MR) is 420 cm³/mol. The average molecular weight is 1570 g/mol. The first-order chi connectivity index (χ1) is 54.5. The van der Waals surface area contributed by atoms with Crippen molar-refractivity contribution in [3.8, 4) is 98.8 Å². The van der Waals surface area contributed by atoms with Crippen molar-refractivity contribution in [3.05, 3.63) is 214 Å². The number of carbonyl (C=O) groups is 3. The van der Waals surface area contributed by atoms with Crippen LogP contribution < -0.4 is 81.0 Å². The van der Waals surface area contributed by atoms with Crippen molar-refractivity contribution in [3.63, 3.8) is 0 Å². The van der Waals surface area contributed by atoms with Crippen molar-refractivity contribution in [2.24, 2.45) is 5.11 Å². The van der Waals surface area contributed by atoms with Crippen LogP contribution in [0.3, 0.4) is 0 Å². The molecular weight excluding hydrogens is 1480 g/mol. The number of hydrogen-bond acceptors (Lipinski definition) is 26. The van der Waals surface area contributed by atoms with Crippen LogP contribution in [-0.2, 0) is 40.8 Å². The second-order valence-corrected chi connectivity index (χ2v) is 24.3. The molecule has 3 amide bonds. The van der Waals surface area contributed by atoms with Crippen molar-refractivity contribution < 1.29 is 103 Å². The molecule has 0 aliphatic carbocycles. The van der Waals surface area contributed by atoms with E-state index >= 15 is 0 Å². The van der Waals surface area contributed by atoms with Crippen molar-refractivity contribution in [2.45, 2.75) is 77.5 Å². The van der Waals surface area contributed by atoms with Crippen LogP contribution in [0.25, 0.3) is 10.4 Å². The normalized spacial score (nSPS) is 16.0. The lowest BCUT2D eigenvalue weighted by molar-refractivity contribution is -0.130. The molecule has 33 nitrogen and oxygen atoms in total. The SMILES string of the molecule is C.C.C#CO.COc1ccc([C@H]2C(N=[N+]=[N-])C(=O)N2c2cc(OC)c(OC)c(OC)c2)cc1OCc1ccccc1.COc1ccc([C@H]2[C@H](n3cc(CO)nn3)C(=O)N2c2cc(OC)c(OC)c(OC)c2)cc1O.COc1ccc([C@H]2[C@H](n3cc(CO)nn3)C(=O)N2c2cc(OC)c(OC)c(OC)c2)cc1OCc1ccccc1.[HH]. The second kappa shape index (κ2) is 39.6. The summed E-state index contributed by atoms with van der Waals surface area (Å²) in [6.45, 7) is 0.0848. The molecule has 3 saturated heterocycles. The molecule has 1 unspecified atom stereocenters. The molecule has 0 saturated carbocycles. The minimum absolute atomic E-state index is 0. The molecule has 10 aromatic rings. The number of aliphatic hydroxyl groups is 3. The number of amides is 3. The Kier molecular flexibility index (Phi) is 29.8. The van der Waals surface area contributed by atoms with Crippen LogP contribution in [0.1, 0.15) is 85.7 Å². The van der Waals surface area contributed by atoms with E-state index in [1.54, 1.807) is 90.9 Å². The molecule has 13 rings (SSSR count). The molecular formula is C81H92N12O21. The summed E-state index contributed by atoms with van der Waals surface area (Å²) < 4.78 is 80.4. The summed E-state index contributed by atoms with van der Waals surface area (Å²) in [5.41, 5.74) is 15.5. The van der Waals surface area contributed by atoms with Crippen molar-refractivity contribution in [1.82, 2.24) is 30.0 Å². The first kappa shape index (κ1) is 85.6. The van der Waals surface area contributed by atoms with Gasteiger partial charge >= 0.3 is 0 Å². The van der Waals surface area contributed by atoms with E-state index in [0.717, 1.165) is 16.7 Å². The monoisotopic (exact) mass is 1570 g/mol. The maximum atomic E-state index is 13.7. The molecule has 6 atom stereocenters. The largest absolute Gasteiger partial charge is 0.504 e. The molecule has 3 aliphatic heterocycles. The van der Waals surface area contributed by atoms with E-state index in [-0.39, 0.29) is 53.0 Å². The number of aromatic hydroxyl groups is 1. The number of nitrogens with zero attached hydrogens (tertiary/aromatic N) is 12. The standard InChI is InChI=1S/C29H30N4O7.C26H26N4O6.C22H24N4O7.C2H2O.2CH4.H2/c1-36-22-11-10-19(12-23(22)40-17-18-8-6-5-7-9-18)26-27(32-15-20(16-34)30-31-32)29(35)33(26)21-13-24(37-2)28(39-4)25(14-21)38-3;1-32-19-11-10-17(12-20(19)36-15-16-8-6-5-7-9-16)24-23(28-29-27)26(31)30(24)18-13-21(33-2)25(35-4)22(14-18)34-3;1-30-16-6-5-12(7-15(16)28)19-20(25-10-13(11-27)23-24-25)22(29)26(19)14-8-17(31-2)21(33-4)18(9-14)32-3;1-2-3;;;/h5-15,26-27,34H,16-17H2,1-4H3;5-14,23-24H,15H2,1-4H3;5-10,19-20,27-28H,11H2,1-4H3;1,3H;2*1H4;1H/t26-,27-;23?,24-;19-,20-;;;;/m000..../s1. The Labute approximate surface area is 659 Å². The molecule has 0 spiro atoms. The summed E-state index contributed by atoms with van der Waals surface area (Å²) in [5, 5.41) is 56.1. The van der Waals surface area contributed by atoms with Crippen molar-refractivity contribution in [2.75, 3.05) is 100 Å². The lowest BCUT2D eigenvalue weighted by Crippen LogP contribution is -2.58. The van der Waals surface area contributed by atoms with Gasteiger partial charge in [0.25, 0.3) is 11.8 Å². The smallest absolute Gasteiger partial charge is 0.255 e. The van der Waals surface area contributed by atoms with Gasteiger partial charge in [0.2, 0.25) is 23.2 Å². The zero-order valence-corrected chi connectivity index (χ0v) is 63.1. The first-order valence-corrected chi connectivity index (χ1v) is 34.1. The number of rotatable bonds is 29. The molecule has 2 aromatic heterocycles. The zero-order chi connectivity index (χ0) is 80.3. The van der Waals surface area contributed by atoms with Crippen LogP contribution in [0.5, 0.6) is 86.2 Å². The highest BCUT2D eigenvalue weighted by Gasteiger charge is 2.54. The Balaban J connectivity index is 0.000000233. The van der Waals surface area contributed by atoms with Crippen LogP contribution in [0.2, 0.25) is 0 Å². The third kappa shape index (κ3) is 17.8. The van der Waals surface area contributed by atoms with Gasteiger partial charge in [-0.1, -0.05) is 116 Å². The zero-order valence-electron chi connectivity index (χ0n) is 63.1. The number of phenolic OH excluding ortho intramolecular Hbond substituents is 1. The number of carbonyl (C=O) groups excluding carboxylic acids is 3. The van der Waals surface area contributed by atoms with Crippen molar-refractivity contribution >= 4 is 34.8 Å². The molecule has 4 N–H and O–H groups in total. The number of methoxy groups -OCH3 is 12. The van der Waals surface area contributed by atoms with Gasteiger partial charge in [0, 0.05) is 42.7 Å². The molecule has 3 aliphatic rings. The second-order valence-electron chi connectivity index (χ2n) is 24.3. The van der Waals surface area contributed by atoms with E-state index in [0.29, 0.717) is 133 Å². The minimum atomic E-state index is -0.926. The summed E-state index contributed by atoms with van der Waals surface area (Å²) in [7, 11) is 18.1. The quantitative estimate of drug-likeness (QED) is 0.0111. The van der Waals surface area contributed by atoms with Gasteiger partial charge in [-0.05, 0) is 69.7 Å². The van der Waals surface area contributed by atoms with Gasteiger partial charge in [0.05, 0.1) is 146 Å². The fourth-order valence-corrected chi connectivity index (χ4v) is 13.0. The summed E-state index contributed by atoms with van der Waals surface area (Å²) in [6.07, 6.45) is 8.49. The maximum absolute atomic E-state index is 13.7. The van der Waals surface area contributed by atoms with Gasteiger partial charge in [0.1, 0.15) is 36.7 Å². The highest BCUT2D eigenvalue weighted by molar-refractivity contribution is 6.07. The Morgan fingerprint density at radius 2 is 0.746 bits per heavy atom.